The van der Waals surface area contributed by atoms with Gasteiger partial charge in [0.15, 0.2) is 0 Å². The Morgan fingerprint density at radius 2 is 2.30 bits per heavy atom. The van der Waals surface area contributed by atoms with Gasteiger partial charge in [0.2, 0.25) is 0 Å². The lowest BCUT2D eigenvalue weighted by Gasteiger charge is -2.08. The first-order valence-electron chi connectivity index (χ1n) is 2.93. The molecule has 0 saturated carbocycles. The van der Waals surface area contributed by atoms with Crippen molar-refractivity contribution in [3.05, 3.63) is 22.6 Å². The molecule has 0 saturated heterocycles. The molecule has 1 heterocycles. The third kappa shape index (κ3) is 1.15. The topological polar surface area (TPSA) is 49.0 Å². The number of rotatable bonds is 1. The Bertz CT molecular complexity index is 266. The molecular formula is C6H9N3O. The van der Waals surface area contributed by atoms with E-state index in [1.807, 2.05) is 14.1 Å². The maximum Gasteiger partial charge on any atom is 0.287 e. The number of anilines is 1. The minimum absolute atomic E-state index is 0.160. The summed E-state index contributed by atoms with van der Waals surface area (Å²) in [4.78, 5) is 12.6. The minimum atomic E-state index is -0.160. The predicted molar refractivity (Wildman–Crippen MR) is 39.2 cm³/mol. The van der Waals surface area contributed by atoms with Crippen molar-refractivity contribution in [2.45, 2.75) is 0 Å². The summed E-state index contributed by atoms with van der Waals surface area (Å²) in [5.74, 6) is 0. The van der Waals surface area contributed by atoms with E-state index in [1.165, 1.54) is 0 Å². The van der Waals surface area contributed by atoms with Crippen LogP contribution < -0.4 is 10.5 Å². The van der Waals surface area contributed by atoms with Gasteiger partial charge in [0.25, 0.3) is 5.56 Å². The first kappa shape index (κ1) is 6.80. The van der Waals surface area contributed by atoms with Crippen LogP contribution >= 0.6 is 0 Å². The first-order valence-corrected chi connectivity index (χ1v) is 2.93. The Morgan fingerprint density at radius 3 is 2.70 bits per heavy atom. The van der Waals surface area contributed by atoms with Crippen molar-refractivity contribution >= 4 is 5.69 Å². The maximum atomic E-state index is 10.9. The summed E-state index contributed by atoms with van der Waals surface area (Å²) in [5, 5.41) is 5.90. The van der Waals surface area contributed by atoms with E-state index in [4.69, 9.17) is 0 Å². The molecule has 0 aliphatic rings. The molecule has 10 heavy (non-hydrogen) atoms. The molecule has 0 bridgehead atoms. The highest BCUT2D eigenvalue weighted by atomic mass is 16.1. The molecule has 0 radical (unpaired) electrons. The summed E-state index contributed by atoms with van der Waals surface area (Å²) < 4.78 is 0. The van der Waals surface area contributed by atoms with Gasteiger partial charge >= 0.3 is 0 Å². The maximum absolute atomic E-state index is 10.9. The molecule has 54 valence electrons. The van der Waals surface area contributed by atoms with E-state index in [0.29, 0.717) is 5.69 Å². The lowest BCUT2D eigenvalue weighted by atomic mass is 10.4. The summed E-state index contributed by atoms with van der Waals surface area (Å²) in [6.07, 6.45) is 1.55. The van der Waals surface area contributed by atoms with Gasteiger partial charge in [0, 0.05) is 20.3 Å². The molecule has 0 spiro atoms. The molecule has 1 N–H and O–H groups in total. The number of H-pyrrole nitrogens is 1. The van der Waals surface area contributed by atoms with Gasteiger partial charge in [-0.05, 0) is 6.07 Å². The monoisotopic (exact) mass is 139 g/mol. The molecule has 0 aromatic carbocycles. The highest BCUT2D eigenvalue weighted by Crippen LogP contribution is 1.97. The third-order valence-corrected chi connectivity index (χ3v) is 1.19. The molecular weight excluding hydrogens is 130 g/mol. The predicted octanol–water partition coefficient (Wildman–Crippen LogP) is -0.164. The zero-order chi connectivity index (χ0) is 7.56. The minimum Gasteiger partial charge on any atom is -0.373 e. The Kier molecular flexibility index (Phi) is 1.71. The summed E-state index contributed by atoms with van der Waals surface area (Å²) >= 11 is 0. The van der Waals surface area contributed by atoms with Crippen LogP contribution in [0.3, 0.4) is 0 Å². The highest BCUT2D eigenvalue weighted by molar-refractivity contribution is 5.40. The number of aromatic amines is 1. The first-order chi connectivity index (χ1) is 4.72. The van der Waals surface area contributed by atoms with E-state index in [1.54, 1.807) is 17.2 Å². The van der Waals surface area contributed by atoms with Crippen LogP contribution in [0.25, 0.3) is 0 Å². The number of aromatic nitrogens is 2. The normalized spacial score (nSPS) is 9.40. The van der Waals surface area contributed by atoms with Crippen LogP contribution in [0.2, 0.25) is 0 Å². The molecule has 4 heteroatoms. The smallest absolute Gasteiger partial charge is 0.287 e. The van der Waals surface area contributed by atoms with E-state index in [-0.39, 0.29) is 5.56 Å². The van der Waals surface area contributed by atoms with Crippen LogP contribution in [-0.2, 0) is 0 Å². The zero-order valence-electron chi connectivity index (χ0n) is 5.96. The molecule has 1 aromatic heterocycles. The molecule has 0 aliphatic carbocycles. The molecule has 0 unspecified atom stereocenters. The lowest BCUT2D eigenvalue weighted by molar-refractivity contribution is 0.962. The van der Waals surface area contributed by atoms with Crippen molar-refractivity contribution in [1.29, 1.82) is 0 Å². The van der Waals surface area contributed by atoms with Gasteiger partial charge in [-0.1, -0.05) is 0 Å². The molecule has 0 amide bonds. The fraction of sp³-hybridized carbons (Fsp3) is 0.333. The Balaban J connectivity index is 3.16. The van der Waals surface area contributed by atoms with Gasteiger partial charge in [-0.3, -0.25) is 4.79 Å². The molecule has 1 aromatic rings. The van der Waals surface area contributed by atoms with Crippen LogP contribution in [0, 0.1) is 0 Å². The van der Waals surface area contributed by atoms with Crippen LogP contribution in [0.1, 0.15) is 0 Å². The summed E-state index contributed by atoms with van der Waals surface area (Å²) in [7, 11) is 3.62. The van der Waals surface area contributed by atoms with E-state index in [2.05, 4.69) is 10.2 Å². The van der Waals surface area contributed by atoms with Crippen LogP contribution in [0.5, 0.6) is 0 Å². The van der Waals surface area contributed by atoms with Crippen LogP contribution in [-0.4, -0.2) is 24.3 Å². The lowest BCUT2D eigenvalue weighted by Crippen LogP contribution is -2.20. The molecule has 0 atom stereocenters. The van der Waals surface area contributed by atoms with Crippen molar-refractivity contribution in [2.75, 3.05) is 19.0 Å². The fourth-order valence-corrected chi connectivity index (χ4v) is 0.689. The average Bonchev–Trinajstić information content (AvgIpc) is 1.88. The second-order valence-electron chi connectivity index (χ2n) is 2.17. The summed E-state index contributed by atoms with van der Waals surface area (Å²) in [6, 6.07) is 1.67. The van der Waals surface area contributed by atoms with Crippen molar-refractivity contribution in [3.63, 3.8) is 0 Å². The fourth-order valence-electron chi connectivity index (χ4n) is 0.689. The second-order valence-corrected chi connectivity index (χ2v) is 2.17. The highest BCUT2D eigenvalue weighted by Gasteiger charge is 1.97. The molecule has 0 aliphatic heterocycles. The summed E-state index contributed by atoms with van der Waals surface area (Å²) in [5.41, 5.74) is 0.461. The van der Waals surface area contributed by atoms with Crippen molar-refractivity contribution < 1.29 is 0 Å². The molecule has 1 rings (SSSR count). The van der Waals surface area contributed by atoms with Crippen molar-refractivity contribution in [2.24, 2.45) is 0 Å². The number of hydrogen-bond acceptors (Lipinski definition) is 3. The molecule has 0 fully saturated rings. The Hall–Kier alpha value is -1.32. The Morgan fingerprint density at radius 1 is 1.60 bits per heavy atom. The van der Waals surface area contributed by atoms with Gasteiger partial charge in [-0.2, -0.15) is 5.10 Å². The van der Waals surface area contributed by atoms with E-state index < -0.39 is 0 Å². The molecule has 4 nitrogen and oxygen atoms in total. The van der Waals surface area contributed by atoms with E-state index in [0.717, 1.165) is 0 Å². The quantitative estimate of drug-likeness (QED) is 0.588. The van der Waals surface area contributed by atoms with Gasteiger partial charge in [0.05, 0.1) is 0 Å². The van der Waals surface area contributed by atoms with Crippen molar-refractivity contribution in [3.8, 4) is 0 Å². The number of hydrogen-bond donors (Lipinski definition) is 1. The van der Waals surface area contributed by atoms with E-state index in [9.17, 15) is 4.79 Å². The second kappa shape index (κ2) is 2.51. The van der Waals surface area contributed by atoms with E-state index >= 15 is 0 Å². The third-order valence-electron chi connectivity index (χ3n) is 1.19. The van der Waals surface area contributed by atoms with Gasteiger partial charge in [-0.25, -0.2) is 5.10 Å². The van der Waals surface area contributed by atoms with Gasteiger partial charge < -0.3 is 4.90 Å². The average molecular weight is 139 g/mol. The standard InChI is InChI=1S/C6H9N3O/c1-9(2)5-3-4-7-8-6(5)10/h3-4H,1-2H3,(H,8,10). The van der Waals surface area contributed by atoms with Crippen LogP contribution in [0.4, 0.5) is 5.69 Å². The zero-order valence-corrected chi connectivity index (χ0v) is 5.96. The van der Waals surface area contributed by atoms with Crippen molar-refractivity contribution in [1.82, 2.24) is 10.2 Å². The van der Waals surface area contributed by atoms with Gasteiger partial charge in [0.1, 0.15) is 5.69 Å². The van der Waals surface area contributed by atoms with Gasteiger partial charge in [-0.15, -0.1) is 0 Å². The SMILES string of the molecule is CN(C)c1ccn[nH]c1=O. The summed E-state index contributed by atoms with van der Waals surface area (Å²) in [6.45, 7) is 0. The number of nitrogens with zero attached hydrogens (tertiary/aromatic N) is 2. The van der Waals surface area contributed by atoms with Crippen LogP contribution in [0.15, 0.2) is 17.1 Å². The number of nitrogens with one attached hydrogen (secondary N) is 1. The Labute approximate surface area is 58.5 Å². The largest absolute Gasteiger partial charge is 0.373 e.